The SMILES string of the molecule is CCN(C(=O)OC(C)OC(=O)c1ccc(NC(=O)[C@@H]2N[C@@H](CC(C)(C)C)[C@](C#N)(c3ccc(Cl)cc3F)[C@H]2c2cccc(Cl)c2F)c(OC)c1)C(C)C. The standard InChI is InChI=1S/C39H44Cl2F2N4O6/c1-9-47(21(2)3)37(50)53-22(4)52-36(49)23-13-16-29(30(17-23)51-8)45-35(48)34-32(25-11-10-12-27(41)33(25)43)39(20-44,31(46-34)19-38(5,6)7)26-15-14-24(40)18-28(26)42/h10-18,21-22,31-32,34,46H,9,19H2,1-8H3,(H,45,48)/t22?,31-,32-,34+,39-/m0/s1. The number of ether oxygens (including phenoxy) is 3. The van der Waals surface area contributed by atoms with Crippen molar-refractivity contribution in [3.05, 3.63) is 93.0 Å². The molecule has 1 aliphatic heterocycles. The van der Waals surface area contributed by atoms with Crippen molar-refractivity contribution in [2.45, 2.75) is 90.6 Å². The molecule has 1 unspecified atom stereocenters. The van der Waals surface area contributed by atoms with Gasteiger partial charge in [-0.25, -0.2) is 18.4 Å². The number of nitriles is 1. The molecule has 53 heavy (non-hydrogen) atoms. The number of hydrogen-bond acceptors (Lipinski definition) is 8. The number of hydrogen-bond donors (Lipinski definition) is 2. The Morgan fingerprint density at radius 2 is 1.75 bits per heavy atom. The van der Waals surface area contributed by atoms with Gasteiger partial charge in [0.2, 0.25) is 12.2 Å². The summed E-state index contributed by atoms with van der Waals surface area (Å²) in [6.45, 7) is 13.1. The van der Waals surface area contributed by atoms with Gasteiger partial charge in [0.25, 0.3) is 0 Å². The van der Waals surface area contributed by atoms with Crippen LogP contribution in [0.4, 0.5) is 19.3 Å². The normalized spacial score (nSPS) is 20.3. The highest BCUT2D eigenvalue weighted by Gasteiger charge is 2.61. The number of anilines is 1. The maximum Gasteiger partial charge on any atom is 0.413 e. The Morgan fingerprint density at radius 3 is 2.34 bits per heavy atom. The number of carbonyl (C=O) groups excluding carboxylic acids is 3. The summed E-state index contributed by atoms with van der Waals surface area (Å²) in [5, 5.41) is 17.0. The summed E-state index contributed by atoms with van der Waals surface area (Å²) in [4.78, 5) is 41.4. The number of carbonyl (C=O) groups is 3. The van der Waals surface area contributed by atoms with Crippen LogP contribution in [-0.2, 0) is 19.7 Å². The van der Waals surface area contributed by atoms with Gasteiger partial charge in [0.05, 0.1) is 35.5 Å². The predicted octanol–water partition coefficient (Wildman–Crippen LogP) is 8.61. The Balaban J connectivity index is 1.73. The van der Waals surface area contributed by atoms with Crippen molar-refractivity contribution in [2.24, 2.45) is 5.41 Å². The van der Waals surface area contributed by atoms with Crippen LogP contribution in [0.5, 0.6) is 5.75 Å². The van der Waals surface area contributed by atoms with Gasteiger partial charge in [0, 0.05) is 42.1 Å². The van der Waals surface area contributed by atoms with Crippen LogP contribution < -0.4 is 15.4 Å². The highest BCUT2D eigenvalue weighted by molar-refractivity contribution is 6.31. The van der Waals surface area contributed by atoms with Gasteiger partial charge in [-0.05, 0) is 74.6 Å². The van der Waals surface area contributed by atoms with Gasteiger partial charge < -0.3 is 29.7 Å². The summed E-state index contributed by atoms with van der Waals surface area (Å²) in [6, 6.07) is 12.3. The minimum absolute atomic E-state index is 0.0313. The molecule has 0 aliphatic carbocycles. The zero-order valence-corrected chi connectivity index (χ0v) is 32.4. The molecular formula is C39H44Cl2F2N4O6. The summed E-state index contributed by atoms with van der Waals surface area (Å²) < 4.78 is 48.1. The van der Waals surface area contributed by atoms with Crippen molar-refractivity contribution in [3.63, 3.8) is 0 Å². The first-order valence-electron chi connectivity index (χ1n) is 17.1. The number of rotatable bonds is 11. The molecule has 3 aromatic rings. The van der Waals surface area contributed by atoms with E-state index in [1.807, 2.05) is 34.6 Å². The summed E-state index contributed by atoms with van der Waals surface area (Å²) in [5.74, 6) is -4.38. The van der Waals surface area contributed by atoms with Crippen molar-refractivity contribution >= 4 is 46.9 Å². The number of amides is 2. The predicted molar refractivity (Wildman–Crippen MR) is 198 cm³/mol. The lowest BCUT2D eigenvalue weighted by Crippen LogP contribution is -2.45. The summed E-state index contributed by atoms with van der Waals surface area (Å²) >= 11 is 12.4. The van der Waals surface area contributed by atoms with E-state index >= 15 is 8.78 Å². The van der Waals surface area contributed by atoms with Gasteiger partial charge in [0.1, 0.15) is 22.8 Å². The zero-order chi connectivity index (χ0) is 39.4. The first kappa shape index (κ1) is 41.3. The van der Waals surface area contributed by atoms with E-state index in [0.717, 1.165) is 6.07 Å². The van der Waals surface area contributed by atoms with Crippen molar-refractivity contribution in [1.29, 1.82) is 5.26 Å². The number of halogens is 4. The minimum Gasteiger partial charge on any atom is -0.495 e. The van der Waals surface area contributed by atoms with Gasteiger partial charge in [-0.15, -0.1) is 0 Å². The number of nitrogens with zero attached hydrogens (tertiary/aromatic N) is 2. The molecule has 5 atom stereocenters. The number of nitrogens with one attached hydrogen (secondary N) is 2. The molecule has 2 amide bonds. The van der Waals surface area contributed by atoms with Crippen LogP contribution in [0.2, 0.25) is 10.0 Å². The molecule has 2 N–H and O–H groups in total. The second-order valence-electron chi connectivity index (χ2n) is 14.3. The lowest BCUT2D eigenvalue weighted by Gasteiger charge is -2.37. The third-order valence-corrected chi connectivity index (χ3v) is 9.69. The quantitative estimate of drug-likeness (QED) is 0.146. The summed E-state index contributed by atoms with van der Waals surface area (Å²) in [5.41, 5.74) is -2.21. The van der Waals surface area contributed by atoms with Crippen LogP contribution >= 0.6 is 23.2 Å². The van der Waals surface area contributed by atoms with Gasteiger partial charge in [0.15, 0.2) is 0 Å². The van der Waals surface area contributed by atoms with Crippen LogP contribution in [0.1, 0.15) is 82.3 Å². The van der Waals surface area contributed by atoms with Crippen molar-refractivity contribution < 1.29 is 37.4 Å². The molecule has 3 aromatic carbocycles. The van der Waals surface area contributed by atoms with E-state index in [1.54, 1.807) is 6.92 Å². The van der Waals surface area contributed by atoms with E-state index in [0.29, 0.717) is 6.54 Å². The highest BCUT2D eigenvalue weighted by atomic mass is 35.5. The lowest BCUT2D eigenvalue weighted by atomic mass is 9.62. The number of esters is 1. The molecule has 10 nitrogen and oxygen atoms in total. The fourth-order valence-corrected chi connectivity index (χ4v) is 7.19. The van der Waals surface area contributed by atoms with E-state index in [9.17, 15) is 19.6 Å². The molecule has 1 saturated heterocycles. The average Bonchev–Trinajstić information content (AvgIpc) is 3.38. The Kier molecular flexibility index (Phi) is 13.0. The van der Waals surface area contributed by atoms with Crippen LogP contribution in [0.25, 0.3) is 0 Å². The van der Waals surface area contributed by atoms with E-state index in [2.05, 4.69) is 16.7 Å². The molecule has 0 bridgehead atoms. The Morgan fingerprint density at radius 1 is 1.06 bits per heavy atom. The molecule has 1 heterocycles. The van der Waals surface area contributed by atoms with Gasteiger partial charge in [-0.3, -0.25) is 4.79 Å². The maximum atomic E-state index is 16.0. The van der Waals surface area contributed by atoms with E-state index < -0.39 is 64.7 Å². The molecule has 14 heteroatoms. The first-order chi connectivity index (χ1) is 24.9. The molecule has 4 rings (SSSR count). The third-order valence-electron chi connectivity index (χ3n) is 9.17. The van der Waals surface area contributed by atoms with Crippen molar-refractivity contribution in [3.8, 4) is 11.8 Å². The summed E-state index contributed by atoms with van der Waals surface area (Å²) in [6.07, 6.45) is -1.57. The minimum atomic E-state index is -1.82. The monoisotopic (exact) mass is 772 g/mol. The topological polar surface area (TPSA) is 130 Å². The third kappa shape index (κ3) is 8.86. The maximum absolute atomic E-state index is 16.0. The van der Waals surface area contributed by atoms with Crippen LogP contribution in [-0.4, -0.2) is 60.9 Å². The molecule has 0 saturated carbocycles. The molecule has 1 fully saturated rings. The van der Waals surface area contributed by atoms with E-state index in [-0.39, 0.29) is 50.6 Å². The molecule has 0 aromatic heterocycles. The Bertz CT molecular complexity index is 1900. The second-order valence-corrected chi connectivity index (χ2v) is 15.2. The molecular weight excluding hydrogens is 729 g/mol. The van der Waals surface area contributed by atoms with Crippen molar-refractivity contribution in [1.82, 2.24) is 10.2 Å². The van der Waals surface area contributed by atoms with Gasteiger partial charge >= 0.3 is 12.1 Å². The largest absolute Gasteiger partial charge is 0.495 e. The van der Waals surface area contributed by atoms with E-state index in [1.165, 1.54) is 67.5 Å². The van der Waals surface area contributed by atoms with Crippen LogP contribution in [0, 0.1) is 28.4 Å². The zero-order valence-electron chi connectivity index (χ0n) is 30.9. The fourth-order valence-electron chi connectivity index (χ4n) is 6.85. The van der Waals surface area contributed by atoms with Crippen LogP contribution in [0.15, 0.2) is 54.6 Å². The first-order valence-corrected chi connectivity index (χ1v) is 17.9. The second kappa shape index (κ2) is 16.7. The Labute approximate surface area is 318 Å². The van der Waals surface area contributed by atoms with Crippen LogP contribution in [0.3, 0.4) is 0 Å². The lowest BCUT2D eigenvalue weighted by molar-refractivity contribution is -0.118. The fraction of sp³-hybridized carbons (Fsp3) is 0.436. The van der Waals surface area contributed by atoms with Gasteiger partial charge in [-0.2, -0.15) is 5.26 Å². The molecule has 284 valence electrons. The van der Waals surface area contributed by atoms with Gasteiger partial charge in [-0.1, -0.05) is 62.2 Å². The smallest absolute Gasteiger partial charge is 0.413 e. The molecule has 0 radical (unpaired) electrons. The molecule has 1 aliphatic rings. The average molecular weight is 774 g/mol. The molecule has 0 spiro atoms. The number of methoxy groups -OCH3 is 1. The number of benzene rings is 3. The van der Waals surface area contributed by atoms with Crippen molar-refractivity contribution in [2.75, 3.05) is 19.0 Å². The highest BCUT2D eigenvalue weighted by Crippen LogP contribution is 2.53. The van der Waals surface area contributed by atoms with E-state index in [4.69, 9.17) is 37.4 Å². The summed E-state index contributed by atoms with van der Waals surface area (Å²) in [7, 11) is 1.33. The Hall–Kier alpha value is -4.44.